The van der Waals surface area contributed by atoms with E-state index in [4.69, 9.17) is 9.72 Å². The Morgan fingerprint density at radius 2 is 2.21 bits per heavy atom. The van der Waals surface area contributed by atoms with Gasteiger partial charge in [-0.15, -0.1) is 0 Å². The number of hydrogen-bond acceptors (Lipinski definition) is 5. The molecule has 0 spiro atoms. The quantitative estimate of drug-likeness (QED) is 0.850. The van der Waals surface area contributed by atoms with Crippen LogP contribution in [-0.2, 0) is 11.2 Å². The summed E-state index contributed by atoms with van der Waals surface area (Å²) < 4.78 is 9.56. The molecule has 0 aromatic carbocycles. The molecule has 1 aliphatic heterocycles. The summed E-state index contributed by atoms with van der Waals surface area (Å²) in [4.78, 5) is 7.24. The molecule has 0 amide bonds. The fourth-order valence-corrected chi connectivity index (χ4v) is 4.43. The van der Waals surface area contributed by atoms with E-state index in [0.29, 0.717) is 12.6 Å². The molecule has 4 nitrogen and oxygen atoms in total. The molecule has 2 fully saturated rings. The molecule has 1 saturated carbocycles. The van der Waals surface area contributed by atoms with Crippen LogP contribution < -0.4 is 4.90 Å². The van der Waals surface area contributed by atoms with Crippen molar-refractivity contribution >= 4 is 16.7 Å². The molecule has 1 aromatic rings. The number of hydrogen-bond donors (Lipinski definition) is 0. The zero-order chi connectivity index (χ0) is 13.2. The lowest BCUT2D eigenvalue weighted by molar-refractivity contribution is 0.201. The smallest absolute Gasteiger partial charge is 0.205 e. The van der Waals surface area contributed by atoms with E-state index in [9.17, 15) is 0 Å². The van der Waals surface area contributed by atoms with Gasteiger partial charge in [-0.25, -0.2) is 4.98 Å². The highest BCUT2D eigenvalue weighted by Gasteiger charge is 2.41. The molecule has 2 heterocycles. The molecule has 3 unspecified atom stereocenters. The van der Waals surface area contributed by atoms with Gasteiger partial charge in [0.2, 0.25) is 5.13 Å². The van der Waals surface area contributed by atoms with Gasteiger partial charge in [-0.2, -0.15) is 4.37 Å². The fraction of sp³-hybridized carbons (Fsp3) is 0.857. The van der Waals surface area contributed by atoms with Crippen LogP contribution in [0.1, 0.15) is 38.4 Å². The van der Waals surface area contributed by atoms with Crippen LogP contribution in [0, 0.1) is 11.8 Å². The fourth-order valence-electron chi connectivity index (χ4n) is 3.65. The topological polar surface area (TPSA) is 38.2 Å². The minimum Gasteiger partial charge on any atom is -0.384 e. The van der Waals surface area contributed by atoms with Gasteiger partial charge in [0, 0.05) is 37.6 Å². The summed E-state index contributed by atoms with van der Waals surface area (Å²) in [6, 6.07) is 0.715. The molecule has 106 valence electrons. The lowest BCUT2D eigenvalue weighted by Crippen LogP contribution is -2.34. The van der Waals surface area contributed by atoms with Crippen molar-refractivity contribution in [1.82, 2.24) is 9.36 Å². The van der Waals surface area contributed by atoms with Crippen molar-refractivity contribution in [3.63, 3.8) is 0 Å². The van der Waals surface area contributed by atoms with E-state index < -0.39 is 0 Å². The second-order valence-electron chi connectivity index (χ2n) is 5.88. The molecule has 3 rings (SSSR count). The summed E-state index contributed by atoms with van der Waals surface area (Å²) in [5, 5.41) is 1.13. The normalized spacial score (nSPS) is 30.6. The zero-order valence-electron chi connectivity index (χ0n) is 11.8. The molecule has 19 heavy (non-hydrogen) atoms. The van der Waals surface area contributed by atoms with Gasteiger partial charge in [0.1, 0.15) is 5.82 Å². The van der Waals surface area contributed by atoms with Crippen molar-refractivity contribution in [2.45, 2.75) is 45.1 Å². The predicted octanol–water partition coefficient (Wildman–Crippen LogP) is 2.74. The number of fused-ring (bicyclic) bond motifs is 1. The Kier molecular flexibility index (Phi) is 4.03. The zero-order valence-corrected chi connectivity index (χ0v) is 12.7. The number of rotatable bonds is 4. The Hall–Kier alpha value is -0.680. The molecule has 0 radical (unpaired) electrons. The van der Waals surface area contributed by atoms with Crippen LogP contribution in [-0.4, -0.2) is 35.7 Å². The van der Waals surface area contributed by atoms with Crippen LogP contribution >= 0.6 is 11.5 Å². The van der Waals surface area contributed by atoms with Gasteiger partial charge in [-0.1, -0.05) is 19.8 Å². The maximum atomic E-state index is 5.09. The second-order valence-corrected chi connectivity index (χ2v) is 6.61. The van der Waals surface area contributed by atoms with E-state index in [0.717, 1.165) is 35.8 Å². The number of ether oxygens (including phenoxy) is 1. The third-order valence-electron chi connectivity index (χ3n) is 4.63. The van der Waals surface area contributed by atoms with Crippen molar-refractivity contribution in [3.05, 3.63) is 5.82 Å². The monoisotopic (exact) mass is 281 g/mol. The average Bonchev–Trinajstić information content (AvgIpc) is 3.02. The van der Waals surface area contributed by atoms with E-state index in [1.54, 1.807) is 18.6 Å². The van der Waals surface area contributed by atoms with Crippen LogP contribution in [0.4, 0.5) is 5.13 Å². The van der Waals surface area contributed by atoms with Gasteiger partial charge < -0.3 is 9.64 Å². The van der Waals surface area contributed by atoms with Gasteiger partial charge in [-0.3, -0.25) is 0 Å². The standard InChI is InChI=1S/C14H23N3OS/c1-10-9-17(12-6-4-3-5-11(10)12)14-15-13(16-19-14)7-8-18-2/h10-12H,3-9H2,1-2H3. The SMILES string of the molecule is COCCc1nsc(N2CC(C)C3CCCCC32)n1. The van der Waals surface area contributed by atoms with Gasteiger partial charge >= 0.3 is 0 Å². The molecular formula is C14H23N3OS. The lowest BCUT2D eigenvalue weighted by atomic mass is 9.80. The maximum absolute atomic E-state index is 5.09. The number of aromatic nitrogens is 2. The second kappa shape index (κ2) is 5.75. The van der Waals surface area contributed by atoms with Gasteiger partial charge in [0.25, 0.3) is 0 Å². The van der Waals surface area contributed by atoms with Gasteiger partial charge in [-0.05, 0) is 24.7 Å². The van der Waals surface area contributed by atoms with Crippen molar-refractivity contribution in [2.75, 3.05) is 25.2 Å². The van der Waals surface area contributed by atoms with Crippen LogP contribution in [0.5, 0.6) is 0 Å². The highest BCUT2D eigenvalue weighted by molar-refractivity contribution is 7.09. The van der Waals surface area contributed by atoms with Crippen molar-refractivity contribution < 1.29 is 4.74 Å². The predicted molar refractivity (Wildman–Crippen MR) is 77.7 cm³/mol. The summed E-state index contributed by atoms with van der Waals surface area (Å²) in [6.07, 6.45) is 6.35. The van der Waals surface area contributed by atoms with Crippen molar-refractivity contribution in [2.24, 2.45) is 11.8 Å². The summed E-state index contributed by atoms with van der Waals surface area (Å²) in [7, 11) is 1.72. The van der Waals surface area contributed by atoms with E-state index >= 15 is 0 Å². The van der Waals surface area contributed by atoms with Crippen LogP contribution in [0.25, 0.3) is 0 Å². The Balaban J connectivity index is 1.72. The highest BCUT2D eigenvalue weighted by atomic mass is 32.1. The number of anilines is 1. The molecule has 1 aromatic heterocycles. The highest BCUT2D eigenvalue weighted by Crippen LogP contribution is 2.42. The molecule has 0 N–H and O–H groups in total. The summed E-state index contributed by atoms with van der Waals surface area (Å²) in [5.41, 5.74) is 0. The largest absolute Gasteiger partial charge is 0.384 e. The third kappa shape index (κ3) is 2.63. The summed E-state index contributed by atoms with van der Waals surface area (Å²) >= 11 is 1.56. The third-order valence-corrected chi connectivity index (χ3v) is 5.42. The van der Waals surface area contributed by atoms with Crippen molar-refractivity contribution in [1.29, 1.82) is 0 Å². The molecule has 3 atom stereocenters. The van der Waals surface area contributed by atoms with E-state index in [1.807, 2.05) is 0 Å². The molecule has 5 heteroatoms. The molecule has 2 aliphatic rings. The number of nitrogens with zero attached hydrogens (tertiary/aromatic N) is 3. The molecule has 1 aliphatic carbocycles. The van der Waals surface area contributed by atoms with Gasteiger partial charge in [0.05, 0.1) is 6.61 Å². The Labute approximate surface area is 119 Å². The number of methoxy groups -OCH3 is 1. The van der Waals surface area contributed by atoms with Crippen LogP contribution in [0.15, 0.2) is 0 Å². The molecular weight excluding hydrogens is 258 g/mol. The first-order valence-electron chi connectivity index (χ1n) is 7.37. The maximum Gasteiger partial charge on any atom is 0.205 e. The summed E-state index contributed by atoms with van der Waals surface area (Å²) in [6.45, 7) is 4.27. The van der Waals surface area contributed by atoms with E-state index in [1.165, 1.54) is 25.7 Å². The first-order chi connectivity index (χ1) is 9.29. The van der Waals surface area contributed by atoms with Crippen LogP contribution in [0.3, 0.4) is 0 Å². The minimum absolute atomic E-state index is 0.707. The van der Waals surface area contributed by atoms with E-state index in [-0.39, 0.29) is 0 Å². The molecule has 1 saturated heterocycles. The molecule has 0 bridgehead atoms. The van der Waals surface area contributed by atoms with Gasteiger partial charge in [0.15, 0.2) is 0 Å². The Bertz CT molecular complexity index is 423. The van der Waals surface area contributed by atoms with Crippen molar-refractivity contribution in [3.8, 4) is 0 Å². The Morgan fingerprint density at radius 3 is 3.05 bits per heavy atom. The minimum atomic E-state index is 0.707. The summed E-state index contributed by atoms with van der Waals surface area (Å²) in [5.74, 6) is 2.62. The Morgan fingerprint density at radius 1 is 1.37 bits per heavy atom. The van der Waals surface area contributed by atoms with E-state index in [2.05, 4.69) is 16.2 Å². The van der Waals surface area contributed by atoms with Crippen LogP contribution in [0.2, 0.25) is 0 Å². The average molecular weight is 281 g/mol. The lowest BCUT2D eigenvalue weighted by Gasteiger charge is -2.31. The first-order valence-corrected chi connectivity index (χ1v) is 8.15. The first kappa shape index (κ1) is 13.3.